The smallest absolute Gasteiger partial charge is 0.200 e. The van der Waals surface area contributed by atoms with Crippen molar-refractivity contribution in [1.82, 2.24) is 0 Å². The summed E-state index contributed by atoms with van der Waals surface area (Å²) in [5.41, 5.74) is 0.136. The standard InChI is InChI=1S/C18H28F2O.C3H8/c1-5-7-15-8-10-16(11-9-15)12-21-14(4)18(20)17(19)13(3)6-2;1-3-2/h15-16H,3-12H2,1-2H3;3H2,1-2H3/b18-17-;. The normalized spacial score (nSPS) is 21.2. The Kier molecular flexibility index (Phi) is 12.6. The Morgan fingerprint density at radius 1 is 0.917 bits per heavy atom. The molecular formula is C21H36F2O. The molecule has 140 valence electrons. The molecule has 0 amide bonds. The first-order chi connectivity index (χ1) is 11.4. The molecule has 0 aromatic rings. The largest absolute Gasteiger partial charge is 0.491 e. The van der Waals surface area contributed by atoms with Crippen molar-refractivity contribution >= 4 is 0 Å². The van der Waals surface area contributed by atoms with Crippen LogP contribution in [-0.2, 0) is 4.74 Å². The van der Waals surface area contributed by atoms with Gasteiger partial charge in [-0.15, -0.1) is 0 Å². The van der Waals surface area contributed by atoms with Crippen molar-refractivity contribution in [3.63, 3.8) is 0 Å². The molecule has 1 nitrogen and oxygen atoms in total. The van der Waals surface area contributed by atoms with Gasteiger partial charge in [0, 0.05) is 0 Å². The highest BCUT2D eigenvalue weighted by atomic mass is 19.2. The first-order valence-electron chi connectivity index (χ1n) is 9.46. The molecule has 1 saturated carbocycles. The second kappa shape index (κ2) is 13.2. The highest BCUT2D eigenvalue weighted by Crippen LogP contribution is 2.32. The maximum atomic E-state index is 13.8. The summed E-state index contributed by atoms with van der Waals surface area (Å²) < 4.78 is 32.7. The van der Waals surface area contributed by atoms with E-state index < -0.39 is 11.7 Å². The molecule has 1 rings (SSSR count). The Balaban J connectivity index is 0.00000163. The van der Waals surface area contributed by atoms with Crippen LogP contribution < -0.4 is 0 Å². The zero-order valence-electron chi connectivity index (χ0n) is 16.1. The molecule has 0 unspecified atom stereocenters. The Labute approximate surface area is 147 Å². The fourth-order valence-corrected chi connectivity index (χ4v) is 2.81. The van der Waals surface area contributed by atoms with Gasteiger partial charge in [-0.1, -0.05) is 73.0 Å². The summed E-state index contributed by atoms with van der Waals surface area (Å²) >= 11 is 0. The summed E-state index contributed by atoms with van der Waals surface area (Å²) in [5.74, 6) is -0.898. The molecule has 1 aliphatic carbocycles. The summed E-state index contributed by atoms with van der Waals surface area (Å²) in [7, 11) is 0. The molecule has 24 heavy (non-hydrogen) atoms. The van der Waals surface area contributed by atoms with Crippen LogP contribution in [0.15, 0.2) is 36.1 Å². The van der Waals surface area contributed by atoms with E-state index in [0.29, 0.717) is 18.9 Å². The number of hydrogen-bond donors (Lipinski definition) is 0. The predicted octanol–water partition coefficient (Wildman–Crippen LogP) is 7.66. The van der Waals surface area contributed by atoms with Crippen LogP contribution in [0.3, 0.4) is 0 Å². The van der Waals surface area contributed by atoms with Gasteiger partial charge in [-0.2, -0.15) is 4.39 Å². The number of rotatable bonds is 8. The minimum Gasteiger partial charge on any atom is -0.491 e. The fraction of sp³-hybridized carbons (Fsp3) is 0.714. The molecule has 1 aliphatic rings. The molecule has 3 heteroatoms. The highest BCUT2D eigenvalue weighted by Gasteiger charge is 2.22. The lowest BCUT2D eigenvalue weighted by molar-refractivity contribution is 0.125. The van der Waals surface area contributed by atoms with Crippen molar-refractivity contribution in [3.8, 4) is 0 Å². The molecule has 0 saturated heterocycles. The van der Waals surface area contributed by atoms with Gasteiger partial charge in [-0.25, -0.2) is 4.39 Å². The van der Waals surface area contributed by atoms with Crippen LogP contribution in [0.5, 0.6) is 0 Å². The van der Waals surface area contributed by atoms with Gasteiger partial charge in [0.1, 0.15) is 0 Å². The second-order valence-corrected chi connectivity index (χ2v) is 6.70. The van der Waals surface area contributed by atoms with Crippen LogP contribution in [0.4, 0.5) is 8.78 Å². The molecule has 0 radical (unpaired) electrons. The van der Waals surface area contributed by atoms with Crippen molar-refractivity contribution < 1.29 is 13.5 Å². The molecule has 0 N–H and O–H groups in total. The van der Waals surface area contributed by atoms with Gasteiger partial charge in [-0.05, 0) is 36.7 Å². The van der Waals surface area contributed by atoms with Crippen LogP contribution in [0.25, 0.3) is 0 Å². The van der Waals surface area contributed by atoms with E-state index in [1.54, 1.807) is 6.92 Å². The molecule has 1 fully saturated rings. The quantitative estimate of drug-likeness (QED) is 0.325. The number of ether oxygens (including phenoxy) is 1. The van der Waals surface area contributed by atoms with Crippen LogP contribution >= 0.6 is 0 Å². The van der Waals surface area contributed by atoms with Crippen molar-refractivity contribution in [1.29, 1.82) is 0 Å². The molecule has 0 aliphatic heterocycles. The van der Waals surface area contributed by atoms with Crippen LogP contribution in [0.1, 0.15) is 79.1 Å². The zero-order valence-corrected chi connectivity index (χ0v) is 16.1. The molecular weight excluding hydrogens is 306 g/mol. The third kappa shape index (κ3) is 8.65. The van der Waals surface area contributed by atoms with E-state index >= 15 is 0 Å². The van der Waals surface area contributed by atoms with Crippen molar-refractivity contribution in [2.24, 2.45) is 11.8 Å². The first kappa shape index (κ1) is 22.9. The van der Waals surface area contributed by atoms with Gasteiger partial charge in [-0.3, -0.25) is 0 Å². The lowest BCUT2D eigenvalue weighted by Gasteiger charge is -2.28. The SMILES string of the molecule is C=C(CC)/C(F)=C(/F)C(=C)OCC1CCC(CCC)CC1.CCC. The maximum Gasteiger partial charge on any atom is 0.200 e. The third-order valence-corrected chi connectivity index (χ3v) is 4.33. The van der Waals surface area contributed by atoms with Crippen molar-refractivity contribution in [2.45, 2.75) is 79.1 Å². The summed E-state index contributed by atoms with van der Waals surface area (Å²) in [6.45, 7) is 15.6. The highest BCUT2D eigenvalue weighted by molar-refractivity contribution is 5.32. The monoisotopic (exact) mass is 342 g/mol. The topological polar surface area (TPSA) is 9.23 Å². The van der Waals surface area contributed by atoms with E-state index in [2.05, 4.69) is 33.9 Å². The predicted molar refractivity (Wildman–Crippen MR) is 100 cm³/mol. The fourth-order valence-electron chi connectivity index (χ4n) is 2.81. The molecule has 0 spiro atoms. The number of hydrogen-bond acceptors (Lipinski definition) is 1. The molecule has 0 aromatic carbocycles. The number of allylic oxidation sites excluding steroid dienone is 3. The average Bonchev–Trinajstić information content (AvgIpc) is 2.59. The van der Waals surface area contributed by atoms with Gasteiger partial charge in [0.25, 0.3) is 0 Å². The maximum absolute atomic E-state index is 13.8. The summed E-state index contributed by atoms with van der Waals surface area (Å²) in [6, 6.07) is 0. The minimum absolute atomic E-state index is 0.136. The first-order valence-corrected chi connectivity index (χ1v) is 9.46. The van der Waals surface area contributed by atoms with Crippen molar-refractivity contribution in [2.75, 3.05) is 6.61 Å². The Morgan fingerprint density at radius 3 is 1.88 bits per heavy atom. The molecule has 0 bridgehead atoms. The molecule has 0 heterocycles. The molecule has 0 atom stereocenters. The Bertz CT molecular complexity index is 404. The van der Waals surface area contributed by atoms with Gasteiger partial charge < -0.3 is 4.74 Å². The van der Waals surface area contributed by atoms with Crippen molar-refractivity contribution in [3.05, 3.63) is 36.1 Å². The average molecular weight is 343 g/mol. The van der Waals surface area contributed by atoms with Gasteiger partial charge in [0.15, 0.2) is 17.4 Å². The van der Waals surface area contributed by atoms with Gasteiger partial charge in [0.2, 0.25) is 0 Å². The van der Waals surface area contributed by atoms with E-state index in [0.717, 1.165) is 18.8 Å². The van der Waals surface area contributed by atoms with Crippen LogP contribution in [0, 0.1) is 11.8 Å². The van der Waals surface area contributed by atoms with E-state index in [1.165, 1.54) is 32.1 Å². The number of halogens is 2. The molecule has 0 aromatic heterocycles. The van der Waals surface area contributed by atoms with E-state index in [1.807, 2.05) is 0 Å². The van der Waals surface area contributed by atoms with Gasteiger partial charge >= 0.3 is 0 Å². The van der Waals surface area contributed by atoms with Crippen LogP contribution in [0.2, 0.25) is 0 Å². The van der Waals surface area contributed by atoms with E-state index in [-0.39, 0.29) is 11.3 Å². The lowest BCUT2D eigenvalue weighted by Crippen LogP contribution is -2.18. The summed E-state index contributed by atoms with van der Waals surface area (Å²) in [5, 5.41) is 0. The summed E-state index contributed by atoms with van der Waals surface area (Å²) in [6.07, 6.45) is 8.79. The van der Waals surface area contributed by atoms with E-state index in [9.17, 15) is 8.78 Å². The third-order valence-electron chi connectivity index (χ3n) is 4.33. The van der Waals surface area contributed by atoms with Crippen LogP contribution in [-0.4, -0.2) is 6.61 Å². The Morgan fingerprint density at radius 2 is 1.42 bits per heavy atom. The summed E-state index contributed by atoms with van der Waals surface area (Å²) in [4.78, 5) is 0. The lowest BCUT2D eigenvalue weighted by atomic mass is 9.80. The van der Waals surface area contributed by atoms with E-state index in [4.69, 9.17) is 4.74 Å². The second-order valence-electron chi connectivity index (χ2n) is 6.70. The Hall–Kier alpha value is -1.12. The zero-order chi connectivity index (χ0) is 18.5. The minimum atomic E-state index is -1.01. The van der Waals surface area contributed by atoms with Gasteiger partial charge in [0.05, 0.1) is 6.61 Å².